The lowest BCUT2D eigenvalue weighted by molar-refractivity contribution is -0.137. The molecule has 0 aliphatic carbocycles. The summed E-state index contributed by atoms with van der Waals surface area (Å²) in [4.78, 5) is 21.3. The van der Waals surface area contributed by atoms with E-state index in [1.54, 1.807) is 0 Å². The summed E-state index contributed by atoms with van der Waals surface area (Å²) in [7, 11) is 0. The van der Waals surface area contributed by atoms with Crippen molar-refractivity contribution < 1.29 is 14.7 Å². The van der Waals surface area contributed by atoms with Crippen molar-refractivity contribution in [3.8, 4) is 0 Å². The Morgan fingerprint density at radius 2 is 1.88 bits per heavy atom. The first kappa shape index (κ1) is 13.2. The highest BCUT2D eigenvalue weighted by Crippen LogP contribution is 2.22. The minimum absolute atomic E-state index is 0.100. The number of rotatable bonds is 5. The van der Waals surface area contributed by atoms with E-state index in [0.29, 0.717) is 6.42 Å². The maximum absolute atomic E-state index is 10.8. The number of benzene rings is 1. The maximum atomic E-state index is 10.8. The molecule has 0 spiro atoms. The summed E-state index contributed by atoms with van der Waals surface area (Å²) >= 11 is 0. The Morgan fingerprint density at radius 1 is 1.29 bits per heavy atom. The van der Waals surface area contributed by atoms with Gasteiger partial charge in [0.1, 0.15) is 0 Å². The third kappa shape index (κ3) is 4.68. The molecule has 17 heavy (non-hydrogen) atoms. The van der Waals surface area contributed by atoms with Crippen molar-refractivity contribution in [3.05, 3.63) is 29.8 Å². The van der Waals surface area contributed by atoms with E-state index in [2.05, 4.69) is 5.32 Å². The molecular formula is C13H17NO3. The van der Waals surface area contributed by atoms with Crippen molar-refractivity contribution in [2.24, 2.45) is 0 Å². The third-order valence-corrected chi connectivity index (χ3v) is 2.59. The number of carboxylic acids is 1. The molecule has 0 fully saturated rings. The van der Waals surface area contributed by atoms with Gasteiger partial charge in [0.05, 0.1) is 0 Å². The molecule has 0 aromatic heterocycles. The zero-order valence-electron chi connectivity index (χ0n) is 10.1. The van der Waals surface area contributed by atoms with Crippen molar-refractivity contribution in [1.82, 2.24) is 0 Å². The highest BCUT2D eigenvalue weighted by Gasteiger charge is 2.08. The molecule has 1 rings (SSSR count). The van der Waals surface area contributed by atoms with Crippen LogP contribution in [0.4, 0.5) is 5.69 Å². The lowest BCUT2D eigenvalue weighted by Crippen LogP contribution is -2.06. The first-order valence-corrected chi connectivity index (χ1v) is 5.58. The molecule has 0 heterocycles. The summed E-state index contributed by atoms with van der Waals surface area (Å²) in [6.45, 7) is 3.46. The normalized spacial score (nSPS) is 11.9. The Bertz CT molecular complexity index is 398. The number of hydrogen-bond donors (Lipinski definition) is 2. The van der Waals surface area contributed by atoms with Gasteiger partial charge in [-0.3, -0.25) is 9.59 Å². The Hall–Kier alpha value is -1.84. The van der Waals surface area contributed by atoms with Crippen molar-refractivity contribution in [3.63, 3.8) is 0 Å². The quantitative estimate of drug-likeness (QED) is 0.824. The lowest BCUT2D eigenvalue weighted by Gasteiger charge is -2.11. The van der Waals surface area contributed by atoms with Crippen LogP contribution in [0.15, 0.2) is 24.3 Å². The Morgan fingerprint density at radius 3 is 2.35 bits per heavy atom. The highest BCUT2D eigenvalue weighted by atomic mass is 16.4. The zero-order chi connectivity index (χ0) is 12.8. The van der Waals surface area contributed by atoms with Crippen molar-refractivity contribution in [2.75, 3.05) is 5.32 Å². The molecule has 1 atom stereocenters. The largest absolute Gasteiger partial charge is 0.481 e. The predicted octanol–water partition coefficient (Wildman–Crippen LogP) is 2.61. The average molecular weight is 235 g/mol. The molecule has 0 aliphatic heterocycles. The van der Waals surface area contributed by atoms with Crippen LogP contribution in [-0.2, 0) is 9.59 Å². The number of aliphatic carboxylic acids is 1. The molecule has 1 unspecified atom stereocenters. The number of carbonyl (C=O) groups excluding carboxylic acids is 1. The average Bonchev–Trinajstić information content (AvgIpc) is 2.26. The van der Waals surface area contributed by atoms with Gasteiger partial charge in [-0.2, -0.15) is 0 Å². The number of nitrogens with one attached hydrogen (secondary N) is 1. The highest BCUT2D eigenvalue weighted by molar-refractivity contribution is 5.88. The summed E-state index contributed by atoms with van der Waals surface area (Å²) < 4.78 is 0. The van der Waals surface area contributed by atoms with Gasteiger partial charge >= 0.3 is 5.97 Å². The van der Waals surface area contributed by atoms with Gasteiger partial charge < -0.3 is 10.4 Å². The molecular weight excluding hydrogens is 218 g/mol. The van der Waals surface area contributed by atoms with E-state index < -0.39 is 5.97 Å². The number of amides is 1. The van der Waals surface area contributed by atoms with Gasteiger partial charge in [-0.1, -0.05) is 19.1 Å². The Labute approximate surface area is 101 Å². The minimum Gasteiger partial charge on any atom is -0.481 e. The first-order chi connectivity index (χ1) is 7.99. The number of hydrogen-bond acceptors (Lipinski definition) is 2. The van der Waals surface area contributed by atoms with Crippen LogP contribution in [0, 0.1) is 0 Å². The maximum Gasteiger partial charge on any atom is 0.303 e. The van der Waals surface area contributed by atoms with Crippen LogP contribution < -0.4 is 5.32 Å². The van der Waals surface area contributed by atoms with Gasteiger partial charge in [0.2, 0.25) is 5.91 Å². The monoisotopic (exact) mass is 235 g/mol. The summed E-state index contributed by atoms with van der Waals surface area (Å²) in [6, 6.07) is 7.48. The molecule has 4 heteroatoms. The fourth-order valence-electron chi connectivity index (χ4n) is 1.60. The second-order valence-electron chi connectivity index (χ2n) is 4.14. The van der Waals surface area contributed by atoms with Crippen LogP contribution in [0.5, 0.6) is 0 Å². The predicted molar refractivity (Wildman–Crippen MR) is 66.0 cm³/mol. The van der Waals surface area contributed by atoms with Crippen LogP contribution in [0.1, 0.15) is 38.2 Å². The van der Waals surface area contributed by atoms with Crippen molar-refractivity contribution in [2.45, 2.75) is 32.6 Å². The van der Waals surface area contributed by atoms with Crippen molar-refractivity contribution >= 4 is 17.6 Å². The molecule has 4 nitrogen and oxygen atoms in total. The number of carbonyl (C=O) groups is 2. The molecule has 0 aliphatic rings. The number of anilines is 1. The van der Waals surface area contributed by atoms with Crippen LogP contribution in [0.2, 0.25) is 0 Å². The van der Waals surface area contributed by atoms with E-state index in [1.165, 1.54) is 6.92 Å². The van der Waals surface area contributed by atoms with Crippen LogP contribution in [0.25, 0.3) is 0 Å². The van der Waals surface area contributed by atoms with E-state index in [-0.39, 0.29) is 18.2 Å². The summed E-state index contributed by atoms with van der Waals surface area (Å²) in [5.74, 6) is -0.666. The minimum atomic E-state index is -0.772. The molecule has 1 aromatic carbocycles. The van der Waals surface area contributed by atoms with E-state index >= 15 is 0 Å². The SMILES string of the molecule is CC(=O)Nc1ccc(C(C)CCC(=O)O)cc1. The molecule has 0 saturated carbocycles. The third-order valence-electron chi connectivity index (χ3n) is 2.59. The molecule has 92 valence electrons. The molecule has 1 aromatic rings. The lowest BCUT2D eigenvalue weighted by atomic mass is 9.96. The van der Waals surface area contributed by atoms with Gasteiger partial charge in [-0.25, -0.2) is 0 Å². The summed E-state index contributed by atoms with van der Waals surface area (Å²) in [5.41, 5.74) is 1.84. The molecule has 1 amide bonds. The standard InChI is InChI=1S/C13H17NO3/c1-9(3-8-13(16)17)11-4-6-12(7-5-11)14-10(2)15/h4-7,9H,3,8H2,1-2H3,(H,14,15)(H,16,17). The summed E-state index contributed by atoms with van der Waals surface area (Å²) in [5, 5.41) is 11.3. The van der Waals surface area contributed by atoms with Gasteiger partial charge in [0, 0.05) is 19.0 Å². The van der Waals surface area contributed by atoms with Crippen LogP contribution >= 0.6 is 0 Å². The zero-order valence-corrected chi connectivity index (χ0v) is 10.1. The second-order valence-corrected chi connectivity index (χ2v) is 4.14. The molecule has 0 radical (unpaired) electrons. The second kappa shape index (κ2) is 6.03. The van der Waals surface area contributed by atoms with Gasteiger partial charge in [-0.05, 0) is 30.0 Å². The van der Waals surface area contributed by atoms with E-state index in [9.17, 15) is 9.59 Å². The Kier molecular flexibility index (Phi) is 4.69. The van der Waals surface area contributed by atoms with Crippen molar-refractivity contribution in [1.29, 1.82) is 0 Å². The Balaban J connectivity index is 2.60. The molecule has 0 bridgehead atoms. The van der Waals surface area contributed by atoms with Gasteiger partial charge in [0.25, 0.3) is 0 Å². The van der Waals surface area contributed by atoms with Gasteiger partial charge in [0.15, 0.2) is 0 Å². The first-order valence-electron chi connectivity index (χ1n) is 5.58. The van der Waals surface area contributed by atoms with Crippen LogP contribution in [-0.4, -0.2) is 17.0 Å². The topological polar surface area (TPSA) is 66.4 Å². The van der Waals surface area contributed by atoms with Gasteiger partial charge in [-0.15, -0.1) is 0 Å². The molecule has 2 N–H and O–H groups in total. The smallest absolute Gasteiger partial charge is 0.303 e. The molecule has 0 saturated heterocycles. The van der Waals surface area contributed by atoms with Crippen LogP contribution in [0.3, 0.4) is 0 Å². The van der Waals surface area contributed by atoms with E-state index in [4.69, 9.17) is 5.11 Å². The van der Waals surface area contributed by atoms with E-state index in [1.807, 2.05) is 31.2 Å². The van der Waals surface area contributed by atoms with E-state index in [0.717, 1.165) is 11.3 Å². The summed E-state index contributed by atoms with van der Waals surface area (Å²) in [6.07, 6.45) is 0.795. The number of carboxylic acid groups (broad SMARTS) is 1. The fraction of sp³-hybridized carbons (Fsp3) is 0.385. The fourth-order valence-corrected chi connectivity index (χ4v) is 1.60.